The fourth-order valence-corrected chi connectivity index (χ4v) is 3.61. The molecule has 0 heterocycles. The van der Waals surface area contributed by atoms with E-state index < -0.39 is 10.0 Å². The lowest BCUT2D eigenvalue weighted by atomic mass is 10.2. The average Bonchev–Trinajstić information content (AvgIpc) is 2.56. The first-order valence-corrected chi connectivity index (χ1v) is 10.9. The zero-order valence-corrected chi connectivity index (χ0v) is 20.3. The monoisotopic (exact) mass is 514 g/mol. The molecule has 0 aliphatic heterocycles. The first-order valence-electron chi connectivity index (χ1n) is 8.18. The zero-order chi connectivity index (χ0) is 19.1. The van der Waals surface area contributed by atoms with Gasteiger partial charge in [-0.05, 0) is 51.1 Å². The van der Waals surface area contributed by atoms with Crippen LogP contribution >= 0.6 is 35.7 Å². The molecule has 26 heavy (non-hydrogen) atoms. The molecule has 6 nitrogen and oxygen atoms in total. The maximum atomic E-state index is 12.4. The smallest absolute Gasteiger partial charge is 0.240 e. The average molecular weight is 514 g/mol. The lowest BCUT2D eigenvalue weighted by molar-refractivity contribution is 0.579. The van der Waals surface area contributed by atoms with Gasteiger partial charge in [0, 0.05) is 31.4 Å². The first kappa shape index (κ1) is 25.5. The Kier molecular flexibility index (Phi) is 11.1. The highest BCUT2D eigenvalue weighted by molar-refractivity contribution is 14.0. The molecule has 0 radical (unpaired) electrons. The van der Waals surface area contributed by atoms with Gasteiger partial charge in [0.15, 0.2) is 5.96 Å². The summed E-state index contributed by atoms with van der Waals surface area (Å²) in [4.78, 5) is 4.48. The van der Waals surface area contributed by atoms with Crippen LogP contribution in [0.3, 0.4) is 0 Å². The topological polar surface area (TPSA) is 82.6 Å². The van der Waals surface area contributed by atoms with Gasteiger partial charge in [-0.15, -0.1) is 24.0 Å². The molecule has 0 unspecified atom stereocenters. The Bertz CT molecular complexity index is 707. The fraction of sp³-hybridized carbons (Fsp3) is 0.588. The van der Waals surface area contributed by atoms with Gasteiger partial charge in [-0.25, -0.2) is 13.1 Å². The second kappa shape index (κ2) is 11.4. The van der Waals surface area contributed by atoms with E-state index in [4.69, 9.17) is 0 Å². The number of nitrogens with one attached hydrogen (secondary N) is 3. The molecule has 150 valence electrons. The molecule has 0 saturated heterocycles. The summed E-state index contributed by atoms with van der Waals surface area (Å²) in [7, 11) is -1.82. The van der Waals surface area contributed by atoms with Crippen LogP contribution in [0, 0.1) is 13.8 Å². The third-order valence-electron chi connectivity index (χ3n) is 3.80. The standard InChI is InChI=1S/C17H30N4O2S2.HI/c1-13-7-8-14(2)15(11-13)25(22,23)21-10-9-19-16(18-5)20-12-17(3,4)24-6;/h7-8,11,21H,9-10,12H2,1-6H3,(H2,18,19,20);1H. The van der Waals surface area contributed by atoms with Crippen LogP contribution in [-0.2, 0) is 10.0 Å². The summed E-state index contributed by atoms with van der Waals surface area (Å²) in [5.41, 5.74) is 1.66. The second-order valence-corrected chi connectivity index (χ2v) is 9.73. The predicted molar refractivity (Wildman–Crippen MR) is 123 cm³/mol. The van der Waals surface area contributed by atoms with Crippen LogP contribution in [0.4, 0.5) is 0 Å². The zero-order valence-electron chi connectivity index (χ0n) is 16.3. The minimum Gasteiger partial charge on any atom is -0.355 e. The van der Waals surface area contributed by atoms with Crippen LogP contribution < -0.4 is 15.4 Å². The molecule has 9 heteroatoms. The van der Waals surface area contributed by atoms with E-state index in [2.05, 4.69) is 40.5 Å². The molecule has 0 aliphatic rings. The molecule has 0 bridgehead atoms. The van der Waals surface area contributed by atoms with Crippen LogP contribution in [0.2, 0.25) is 0 Å². The number of hydrogen-bond donors (Lipinski definition) is 3. The number of halogens is 1. The van der Waals surface area contributed by atoms with E-state index in [9.17, 15) is 8.42 Å². The van der Waals surface area contributed by atoms with Gasteiger partial charge in [-0.1, -0.05) is 12.1 Å². The number of benzene rings is 1. The van der Waals surface area contributed by atoms with Gasteiger partial charge in [0.1, 0.15) is 0 Å². The summed E-state index contributed by atoms with van der Waals surface area (Å²) in [6.45, 7) is 9.47. The van der Waals surface area contributed by atoms with Gasteiger partial charge in [-0.3, -0.25) is 4.99 Å². The van der Waals surface area contributed by atoms with E-state index in [1.165, 1.54) is 0 Å². The maximum absolute atomic E-state index is 12.4. The molecule has 0 spiro atoms. The number of aryl methyl sites for hydroxylation is 2. The summed E-state index contributed by atoms with van der Waals surface area (Å²) in [6, 6.07) is 5.42. The quantitative estimate of drug-likeness (QED) is 0.215. The molecular weight excluding hydrogens is 483 g/mol. The van der Waals surface area contributed by atoms with Crippen LogP contribution in [-0.4, -0.2) is 52.1 Å². The van der Waals surface area contributed by atoms with Crippen LogP contribution in [0.5, 0.6) is 0 Å². The Labute approximate surface area is 179 Å². The Hall–Kier alpha value is -0.520. The van der Waals surface area contributed by atoms with Crippen molar-refractivity contribution in [2.45, 2.75) is 37.3 Å². The van der Waals surface area contributed by atoms with E-state index in [0.717, 1.165) is 17.7 Å². The van der Waals surface area contributed by atoms with Gasteiger partial charge in [0.05, 0.1) is 4.90 Å². The van der Waals surface area contributed by atoms with Gasteiger partial charge in [0.25, 0.3) is 0 Å². The van der Waals surface area contributed by atoms with Crippen molar-refractivity contribution in [1.82, 2.24) is 15.4 Å². The largest absolute Gasteiger partial charge is 0.355 e. The molecule has 0 aromatic heterocycles. The van der Waals surface area contributed by atoms with Crippen LogP contribution in [0.15, 0.2) is 28.1 Å². The number of guanidine groups is 1. The first-order chi connectivity index (χ1) is 11.6. The third kappa shape index (κ3) is 8.45. The highest BCUT2D eigenvalue weighted by Crippen LogP contribution is 2.19. The van der Waals surface area contributed by atoms with Gasteiger partial charge < -0.3 is 10.6 Å². The summed E-state index contributed by atoms with van der Waals surface area (Å²) in [5, 5.41) is 6.37. The minimum absolute atomic E-state index is 0. The number of sulfonamides is 1. The lowest BCUT2D eigenvalue weighted by Crippen LogP contribution is -2.45. The van der Waals surface area contributed by atoms with E-state index in [1.807, 2.05) is 19.1 Å². The normalized spacial score (nSPS) is 12.5. The number of rotatable bonds is 8. The van der Waals surface area contributed by atoms with Crippen LogP contribution in [0.1, 0.15) is 25.0 Å². The minimum atomic E-state index is -3.51. The van der Waals surface area contributed by atoms with E-state index in [-0.39, 0.29) is 35.3 Å². The Morgan fingerprint density at radius 1 is 1.19 bits per heavy atom. The number of aliphatic imine (C=N–C) groups is 1. The third-order valence-corrected chi connectivity index (χ3v) is 6.65. The molecule has 0 aliphatic carbocycles. The summed E-state index contributed by atoms with van der Waals surface area (Å²) in [6.07, 6.45) is 2.07. The molecule has 1 aromatic rings. The molecule has 1 rings (SSSR count). The molecule has 0 atom stereocenters. The molecular formula is C17H31IN4O2S2. The van der Waals surface area contributed by atoms with Crippen molar-refractivity contribution in [2.24, 2.45) is 4.99 Å². The van der Waals surface area contributed by atoms with E-state index >= 15 is 0 Å². The Morgan fingerprint density at radius 2 is 1.85 bits per heavy atom. The van der Waals surface area contributed by atoms with Crippen molar-refractivity contribution in [3.8, 4) is 0 Å². The summed E-state index contributed by atoms with van der Waals surface area (Å²) < 4.78 is 27.6. The highest BCUT2D eigenvalue weighted by atomic mass is 127. The molecule has 0 fully saturated rings. The Morgan fingerprint density at radius 3 is 2.42 bits per heavy atom. The molecule has 1 aromatic carbocycles. The van der Waals surface area contributed by atoms with Crippen molar-refractivity contribution in [3.63, 3.8) is 0 Å². The summed E-state index contributed by atoms with van der Waals surface area (Å²) in [5.74, 6) is 0.660. The number of thioether (sulfide) groups is 1. The van der Waals surface area contributed by atoms with Gasteiger partial charge in [0.2, 0.25) is 10.0 Å². The molecule has 0 saturated carbocycles. The van der Waals surface area contributed by atoms with E-state index in [0.29, 0.717) is 17.4 Å². The van der Waals surface area contributed by atoms with Crippen molar-refractivity contribution in [2.75, 3.05) is 32.9 Å². The Balaban J connectivity index is 0.00000625. The van der Waals surface area contributed by atoms with E-state index in [1.54, 1.807) is 31.8 Å². The number of nitrogens with zero attached hydrogens (tertiary/aromatic N) is 1. The van der Waals surface area contributed by atoms with Gasteiger partial charge in [-0.2, -0.15) is 11.8 Å². The predicted octanol–water partition coefficient (Wildman–Crippen LogP) is 2.51. The van der Waals surface area contributed by atoms with Crippen molar-refractivity contribution < 1.29 is 8.42 Å². The van der Waals surface area contributed by atoms with Crippen molar-refractivity contribution in [3.05, 3.63) is 29.3 Å². The molecule has 3 N–H and O–H groups in total. The number of hydrogen-bond acceptors (Lipinski definition) is 4. The highest BCUT2D eigenvalue weighted by Gasteiger charge is 2.17. The second-order valence-electron chi connectivity index (χ2n) is 6.48. The SMILES string of the molecule is CN=C(NCCNS(=O)(=O)c1cc(C)ccc1C)NCC(C)(C)SC.I. The molecule has 0 amide bonds. The lowest BCUT2D eigenvalue weighted by Gasteiger charge is -2.23. The van der Waals surface area contributed by atoms with Gasteiger partial charge >= 0.3 is 0 Å². The maximum Gasteiger partial charge on any atom is 0.240 e. The van der Waals surface area contributed by atoms with Crippen molar-refractivity contribution >= 4 is 51.7 Å². The van der Waals surface area contributed by atoms with Crippen molar-refractivity contribution in [1.29, 1.82) is 0 Å². The fourth-order valence-electron chi connectivity index (χ4n) is 2.03. The summed E-state index contributed by atoms with van der Waals surface area (Å²) >= 11 is 1.77. The van der Waals surface area contributed by atoms with Crippen LogP contribution in [0.25, 0.3) is 0 Å².